The second kappa shape index (κ2) is 6.93. The lowest BCUT2D eigenvalue weighted by Gasteiger charge is -2.10. The van der Waals surface area contributed by atoms with Crippen LogP contribution >= 0.6 is 23.2 Å². The zero-order valence-corrected chi connectivity index (χ0v) is 12.7. The molecule has 0 amide bonds. The van der Waals surface area contributed by atoms with Crippen molar-refractivity contribution in [1.29, 1.82) is 0 Å². The van der Waals surface area contributed by atoms with Crippen molar-refractivity contribution in [2.75, 3.05) is 0 Å². The van der Waals surface area contributed by atoms with Crippen LogP contribution in [0.5, 0.6) is 11.6 Å². The van der Waals surface area contributed by atoms with Gasteiger partial charge in [0.1, 0.15) is 5.75 Å². The number of aromatic nitrogens is 1. The topological polar surface area (TPSA) is 48.1 Å². The first-order valence-corrected chi connectivity index (χ1v) is 7.20. The summed E-state index contributed by atoms with van der Waals surface area (Å²) in [5.41, 5.74) is 7.65. The van der Waals surface area contributed by atoms with E-state index in [1.165, 1.54) is 0 Å². The molecule has 0 fully saturated rings. The van der Waals surface area contributed by atoms with Crippen LogP contribution in [0.1, 0.15) is 24.6 Å². The third kappa shape index (κ3) is 3.85. The Bertz CT molecular complexity index is 602. The molecule has 1 aromatic heterocycles. The fourth-order valence-electron chi connectivity index (χ4n) is 1.84. The molecule has 3 nitrogen and oxygen atoms in total. The molecule has 0 atom stereocenters. The van der Waals surface area contributed by atoms with Crippen LogP contribution in [-0.2, 0) is 13.0 Å². The van der Waals surface area contributed by atoms with Gasteiger partial charge in [-0.3, -0.25) is 0 Å². The van der Waals surface area contributed by atoms with E-state index in [0.717, 1.165) is 24.1 Å². The SMILES string of the molecule is CCCc1cc(CN)cc(Oc2cc(Cl)ccc2Cl)n1. The molecule has 2 aromatic rings. The Morgan fingerprint density at radius 3 is 2.70 bits per heavy atom. The Hall–Kier alpha value is -1.29. The Labute approximate surface area is 128 Å². The van der Waals surface area contributed by atoms with Crippen LogP contribution in [0.25, 0.3) is 0 Å². The first-order valence-electron chi connectivity index (χ1n) is 6.45. The molecule has 0 unspecified atom stereocenters. The second-order valence-corrected chi connectivity index (χ2v) is 5.28. The molecule has 0 saturated heterocycles. The van der Waals surface area contributed by atoms with Gasteiger partial charge in [0.2, 0.25) is 5.88 Å². The molecular weight excluding hydrogens is 295 g/mol. The monoisotopic (exact) mass is 310 g/mol. The number of hydrogen-bond donors (Lipinski definition) is 1. The molecule has 2 rings (SSSR count). The lowest BCUT2D eigenvalue weighted by molar-refractivity contribution is 0.460. The van der Waals surface area contributed by atoms with Gasteiger partial charge in [-0.1, -0.05) is 36.5 Å². The van der Waals surface area contributed by atoms with Crippen molar-refractivity contribution in [1.82, 2.24) is 4.98 Å². The summed E-state index contributed by atoms with van der Waals surface area (Å²) in [6.45, 7) is 2.55. The third-order valence-corrected chi connectivity index (χ3v) is 3.31. The normalized spacial score (nSPS) is 10.6. The maximum absolute atomic E-state index is 6.08. The van der Waals surface area contributed by atoms with E-state index in [-0.39, 0.29) is 0 Å². The van der Waals surface area contributed by atoms with Crippen molar-refractivity contribution < 1.29 is 4.74 Å². The van der Waals surface area contributed by atoms with Crippen molar-refractivity contribution in [3.8, 4) is 11.6 Å². The van der Waals surface area contributed by atoms with Gasteiger partial charge in [0.25, 0.3) is 0 Å². The van der Waals surface area contributed by atoms with E-state index in [9.17, 15) is 0 Å². The summed E-state index contributed by atoms with van der Waals surface area (Å²) in [4.78, 5) is 4.46. The van der Waals surface area contributed by atoms with Crippen LogP contribution in [0.2, 0.25) is 10.0 Å². The Morgan fingerprint density at radius 2 is 2.00 bits per heavy atom. The minimum Gasteiger partial charge on any atom is -0.437 e. The average Bonchev–Trinajstić information content (AvgIpc) is 2.43. The van der Waals surface area contributed by atoms with Crippen LogP contribution < -0.4 is 10.5 Å². The van der Waals surface area contributed by atoms with Crippen molar-refractivity contribution in [3.63, 3.8) is 0 Å². The van der Waals surface area contributed by atoms with E-state index in [1.807, 2.05) is 12.1 Å². The van der Waals surface area contributed by atoms with Crippen LogP contribution in [-0.4, -0.2) is 4.98 Å². The number of nitrogens with two attached hydrogens (primary N) is 1. The number of pyridine rings is 1. The molecule has 20 heavy (non-hydrogen) atoms. The first kappa shape index (κ1) is 15.1. The summed E-state index contributed by atoms with van der Waals surface area (Å²) in [7, 11) is 0. The summed E-state index contributed by atoms with van der Waals surface area (Å²) >= 11 is 12.0. The highest BCUT2D eigenvalue weighted by Gasteiger charge is 2.08. The summed E-state index contributed by atoms with van der Waals surface area (Å²) in [6.07, 6.45) is 1.89. The molecule has 0 aliphatic rings. The van der Waals surface area contributed by atoms with Gasteiger partial charge in [0, 0.05) is 29.4 Å². The molecule has 106 valence electrons. The summed E-state index contributed by atoms with van der Waals surface area (Å²) < 4.78 is 5.74. The minimum absolute atomic E-state index is 0.443. The number of aryl methyl sites for hydroxylation is 1. The highest BCUT2D eigenvalue weighted by molar-refractivity contribution is 6.34. The van der Waals surface area contributed by atoms with E-state index >= 15 is 0 Å². The van der Waals surface area contributed by atoms with E-state index in [4.69, 9.17) is 33.7 Å². The highest BCUT2D eigenvalue weighted by Crippen LogP contribution is 2.31. The van der Waals surface area contributed by atoms with Crippen molar-refractivity contribution in [2.45, 2.75) is 26.3 Å². The first-order chi connectivity index (χ1) is 9.62. The molecule has 5 heteroatoms. The number of halogens is 2. The average molecular weight is 311 g/mol. The lowest BCUT2D eigenvalue weighted by atomic mass is 10.1. The molecule has 1 heterocycles. The van der Waals surface area contributed by atoms with Crippen LogP contribution in [0.4, 0.5) is 0 Å². The zero-order valence-electron chi connectivity index (χ0n) is 11.2. The fourth-order valence-corrected chi connectivity index (χ4v) is 2.16. The number of rotatable bonds is 5. The van der Waals surface area contributed by atoms with Crippen LogP contribution in [0.15, 0.2) is 30.3 Å². The Morgan fingerprint density at radius 1 is 1.20 bits per heavy atom. The molecule has 0 aliphatic heterocycles. The van der Waals surface area contributed by atoms with Crippen LogP contribution in [0.3, 0.4) is 0 Å². The number of benzene rings is 1. The molecule has 2 N–H and O–H groups in total. The molecule has 1 aromatic carbocycles. The van der Waals surface area contributed by atoms with E-state index in [1.54, 1.807) is 18.2 Å². The lowest BCUT2D eigenvalue weighted by Crippen LogP contribution is -2.01. The molecule has 0 bridgehead atoms. The Kier molecular flexibility index (Phi) is 5.24. The van der Waals surface area contributed by atoms with Gasteiger partial charge >= 0.3 is 0 Å². The molecule has 0 radical (unpaired) electrons. The minimum atomic E-state index is 0.443. The third-order valence-electron chi connectivity index (χ3n) is 2.76. The quantitative estimate of drug-likeness (QED) is 0.878. The van der Waals surface area contributed by atoms with Gasteiger partial charge < -0.3 is 10.5 Å². The van der Waals surface area contributed by atoms with Gasteiger partial charge in [0.15, 0.2) is 0 Å². The molecule has 0 aliphatic carbocycles. The number of nitrogens with zero attached hydrogens (tertiary/aromatic N) is 1. The predicted octanol–water partition coefficient (Wildman–Crippen LogP) is 4.59. The van der Waals surface area contributed by atoms with E-state index in [2.05, 4.69) is 11.9 Å². The van der Waals surface area contributed by atoms with Gasteiger partial charge in [-0.25, -0.2) is 4.98 Å². The number of ether oxygens (including phenoxy) is 1. The smallest absolute Gasteiger partial charge is 0.219 e. The van der Waals surface area contributed by atoms with Gasteiger partial charge in [-0.05, 0) is 30.2 Å². The van der Waals surface area contributed by atoms with E-state index < -0.39 is 0 Å². The van der Waals surface area contributed by atoms with Gasteiger partial charge in [-0.15, -0.1) is 0 Å². The molecular formula is C15H16Cl2N2O. The maximum Gasteiger partial charge on any atom is 0.219 e. The van der Waals surface area contributed by atoms with Crippen molar-refractivity contribution in [3.05, 3.63) is 51.6 Å². The van der Waals surface area contributed by atoms with Gasteiger partial charge in [-0.2, -0.15) is 0 Å². The summed E-state index contributed by atoms with van der Waals surface area (Å²) in [5, 5.41) is 1.06. The largest absolute Gasteiger partial charge is 0.437 e. The van der Waals surface area contributed by atoms with Crippen LogP contribution in [0, 0.1) is 0 Å². The Balaban J connectivity index is 2.32. The second-order valence-electron chi connectivity index (χ2n) is 4.44. The van der Waals surface area contributed by atoms with Crippen molar-refractivity contribution >= 4 is 23.2 Å². The molecule has 0 spiro atoms. The van der Waals surface area contributed by atoms with Crippen molar-refractivity contribution in [2.24, 2.45) is 5.73 Å². The standard InChI is InChI=1S/C15H16Cl2N2O/c1-2-3-12-6-10(9-18)7-15(19-12)20-14-8-11(16)4-5-13(14)17/h4-8H,2-3,9,18H2,1H3. The molecule has 0 saturated carbocycles. The maximum atomic E-state index is 6.08. The highest BCUT2D eigenvalue weighted by atomic mass is 35.5. The fraction of sp³-hybridized carbons (Fsp3) is 0.267. The zero-order chi connectivity index (χ0) is 14.5. The number of hydrogen-bond acceptors (Lipinski definition) is 3. The van der Waals surface area contributed by atoms with E-state index in [0.29, 0.717) is 28.2 Å². The predicted molar refractivity (Wildman–Crippen MR) is 82.7 cm³/mol. The van der Waals surface area contributed by atoms with Gasteiger partial charge in [0.05, 0.1) is 5.02 Å². The summed E-state index contributed by atoms with van der Waals surface area (Å²) in [6, 6.07) is 8.88. The summed E-state index contributed by atoms with van der Waals surface area (Å²) in [5.74, 6) is 0.976.